The summed E-state index contributed by atoms with van der Waals surface area (Å²) in [6.07, 6.45) is 2.64. The molecule has 0 aliphatic carbocycles. The van der Waals surface area contributed by atoms with Gasteiger partial charge in [-0.2, -0.15) is 0 Å². The number of unbranched alkanes of at least 4 members (excludes halogenated alkanes) is 1. The molecule has 1 unspecified atom stereocenters. The Morgan fingerprint density at radius 2 is 1.89 bits per heavy atom. The van der Waals surface area contributed by atoms with Crippen LogP contribution in [0.1, 0.15) is 39.5 Å². The lowest BCUT2D eigenvalue weighted by Crippen LogP contribution is -2.29. The standard InChI is InChI=1S/C12H21NO5S/c1-9(2)12(15)18-10(3)7-5-6-8-11(14)13-19(4,16)17/h10H,1,5-8H2,2-4H3,(H,13,14). The zero-order valence-electron chi connectivity index (χ0n) is 11.6. The summed E-state index contributed by atoms with van der Waals surface area (Å²) in [5, 5.41) is 0. The first-order valence-electron chi connectivity index (χ1n) is 5.99. The SMILES string of the molecule is C=C(C)C(=O)OC(C)CCCCC(=O)NS(C)(=O)=O. The Hall–Kier alpha value is -1.37. The minimum Gasteiger partial charge on any atom is -0.459 e. The highest BCUT2D eigenvalue weighted by atomic mass is 32.2. The van der Waals surface area contributed by atoms with Crippen LogP contribution in [0.4, 0.5) is 0 Å². The van der Waals surface area contributed by atoms with E-state index in [9.17, 15) is 18.0 Å². The maximum Gasteiger partial charge on any atom is 0.333 e. The highest BCUT2D eigenvalue weighted by Gasteiger charge is 2.11. The van der Waals surface area contributed by atoms with Crippen molar-refractivity contribution in [3.63, 3.8) is 0 Å². The minimum absolute atomic E-state index is 0.133. The molecule has 0 aliphatic rings. The number of sulfonamides is 1. The number of esters is 1. The van der Waals surface area contributed by atoms with E-state index >= 15 is 0 Å². The number of rotatable bonds is 8. The molecule has 19 heavy (non-hydrogen) atoms. The molecule has 0 aromatic rings. The van der Waals surface area contributed by atoms with E-state index in [-0.39, 0.29) is 12.5 Å². The number of amides is 1. The van der Waals surface area contributed by atoms with E-state index in [1.54, 1.807) is 13.8 Å². The van der Waals surface area contributed by atoms with Gasteiger partial charge in [-0.3, -0.25) is 9.52 Å². The molecule has 6 nitrogen and oxygen atoms in total. The largest absolute Gasteiger partial charge is 0.459 e. The summed E-state index contributed by atoms with van der Waals surface area (Å²) in [6.45, 7) is 6.81. The molecule has 0 saturated carbocycles. The van der Waals surface area contributed by atoms with Crippen molar-refractivity contribution in [3.05, 3.63) is 12.2 Å². The molecule has 0 radical (unpaired) electrons. The van der Waals surface area contributed by atoms with Gasteiger partial charge in [0.05, 0.1) is 12.4 Å². The topological polar surface area (TPSA) is 89.5 Å². The van der Waals surface area contributed by atoms with Crippen molar-refractivity contribution in [2.24, 2.45) is 0 Å². The number of nitrogens with one attached hydrogen (secondary N) is 1. The molecule has 0 rings (SSSR count). The summed E-state index contributed by atoms with van der Waals surface area (Å²) in [5.41, 5.74) is 0.347. The third kappa shape index (κ3) is 10.3. The molecular formula is C12H21NO5S. The molecule has 110 valence electrons. The smallest absolute Gasteiger partial charge is 0.333 e. The van der Waals surface area contributed by atoms with Crippen molar-refractivity contribution in [2.75, 3.05) is 6.26 Å². The zero-order valence-corrected chi connectivity index (χ0v) is 12.4. The van der Waals surface area contributed by atoms with E-state index in [0.717, 1.165) is 6.26 Å². The molecule has 0 bridgehead atoms. The zero-order chi connectivity index (χ0) is 15.1. The van der Waals surface area contributed by atoms with Gasteiger partial charge in [-0.1, -0.05) is 6.58 Å². The van der Waals surface area contributed by atoms with Crippen molar-refractivity contribution in [2.45, 2.75) is 45.6 Å². The first kappa shape index (κ1) is 17.6. The van der Waals surface area contributed by atoms with Crippen LogP contribution in [0.2, 0.25) is 0 Å². The number of hydrogen-bond acceptors (Lipinski definition) is 5. The third-order valence-corrected chi connectivity index (χ3v) is 2.82. The van der Waals surface area contributed by atoms with Gasteiger partial charge >= 0.3 is 5.97 Å². The molecule has 0 aromatic carbocycles. The Morgan fingerprint density at radius 1 is 1.32 bits per heavy atom. The van der Waals surface area contributed by atoms with Crippen LogP contribution in [0.25, 0.3) is 0 Å². The van der Waals surface area contributed by atoms with Crippen LogP contribution in [0, 0.1) is 0 Å². The van der Waals surface area contributed by atoms with Crippen molar-refractivity contribution in [1.82, 2.24) is 4.72 Å². The monoisotopic (exact) mass is 291 g/mol. The van der Waals surface area contributed by atoms with Gasteiger partial charge in [0, 0.05) is 12.0 Å². The van der Waals surface area contributed by atoms with Gasteiger partial charge in [0.1, 0.15) is 0 Å². The lowest BCUT2D eigenvalue weighted by atomic mass is 10.1. The number of carbonyl (C=O) groups excluding carboxylic acids is 2. The Labute approximate surface area is 114 Å². The van der Waals surface area contributed by atoms with E-state index < -0.39 is 21.9 Å². The van der Waals surface area contributed by atoms with Crippen LogP contribution in [0.5, 0.6) is 0 Å². The predicted molar refractivity (Wildman–Crippen MR) is 71.8 cm³/mol. The summed E-state index contributed by atoms with van der Waals surface area (Å²) in [6, 6.07) is 0. The highest BCUT2D eigenvalue weighted by Crippen LogP contribution is 2.08. The summed E-state index contributed by atoms with van der Waals surface area (Å²) < 4.78 is 28.5. The Morgan fingerprint density at radius 3 is 2.37 bits per heavy atom. The second-order valence-corrected chi connectivity index (χ2v) is 6.29. The van der Waals surface area contributed by atoms with E-state index in [1.807, 2.05) is 4.72 Å². The molecule has 0 fully saturated rings. The molecule has 0 heterocycles. The summed E-state index contributed by atoms with van der Waals surface area (Å²) in [5.74, 6) is -0.948. The van der Waals surface area contributed by atoms with Crippen LogP contribution in [-0.4, -0.2) is 32.7 Å². The molecular weight excluding hydrogens is 270 g/mol. The highest BCUT2D eigenvalue weighted by molar-refractivity contribution is 7.89. The Bertz CT molecular complexity index is 441. The molecule has 1 amide bonds. The summed E-state index contributed by atoms with van der Waals surface area (Å²) >= 11 is 0. The van der Waals surface area contributed by atoms with Gasteiger partial charge in [-0.15, -0.1) is 0 Å². The van der Waals surface area contributed by atoms with Gasteiger partial charge in [0.25, 0.3) is 0 Å². The molecule has 0 aromatic heterocycles. The predicted octanol–water partition coefficient (Wildman–Crippen LogP) is 1.13. The normalized spacial score (nSPS) is 12.6. The second-order valence-electron chi connectivity index (χ2n) is 4.54. The molecule has 1 N–H and O–H groups in total. The fraction of sp³-hybridized carbons (Fsp3) is 0.667. The maximum atomic E-state index is 11.2. The van der Waals surface area contributed by atoms with Gasteiger partial charge in [0.15, 0.2) is 0 Å². The Kier molecular flexibility index (Phi) is 7.36. The summed E-state index contributed by atoms with van der Waals surface area (Å²) in [4.78, 5) is 22.4. The average molecular weight is 291 g/mol. The lowest BCUT2D eigenvalue weighted by molar-refractivity contribution is -0.143. The van der Waals surface area contributed by atoms with Crippen LogP contribution < -0.4 is 4.72 Å². The first-order chi connectivity index (χ1) is 8.61. The average Bonchev–Trinajstić information content (AvgIpc) is 2.21. The fourth-order valence-electron chi connectivity index (χ4n) is 1.32. The second kappa shape index (κ2) is 7.93. The number of carbonyl (C=O) groups is 2. The van der Waals surface area contributed by atoms with Crippen LogP contribution in [-0.2, 0) is 24.3 Å². The molecule has 7 heteroatoms. The fourth-order valence-corrected chi connectivity index (χ4v) is 1.83. The number of ether oxygens (including phenoxy) is 1. The van der Waals surface area contributed by atoms with E-state index in [4.69, 9.17) is 4.74 Å². The molecule has 0 aliphatic heterocycles. The van der Waals surface area contributed by atoms with Gasteiger partial charge in [-0.05, 0) is 33.1 Å². The molecule has 0 saturated heterocycles. The summed E-state index contributed by atoms with van der Waals surface area (Å²) in [7, 11) is -3.48. The van der Waals surface area contributed by atoms with E-state index in [1.165, 1.54) is 0 Å². The minimum atomic E-state index is -3.48. The quantitative estimate of drug-likeness (QED) is 0.411. The van der Waals surface area contributed by atoms with Crippen molar-refractivity contribution in [3.8, 4) is 0 Å². The van der Waals surface area contributed by atoms with E-state index in [2.05, 4.69) is 6.58 Å². The Balaban J connectivity index is 3.78. The van der Waals surface area contributed by atoms with Crippen LogP contribution >= 0.6 is 0 Å². The van der Waals surface area contributed by atoms with Gasteiger partial charge in [0.2, 0.25) is 15.9 Å². The van der Waals surface area contributed by atoms with Gasteiger partial charge < -0.3 is 4.74 Å². The van der Waals surface area contributed by atoms with Crippen molar-refractivity contribution >= 4 is 21.9 Å². The number of hydrogen-bond donors (Lipinski definition) is 1. The van der Waals surface area contributed by atoms with Gasteiger partial charge in [-0.25, -0.2) is 13.2 Å². The van der Waals surface area contributed by atoms with Crippen LogP contribution in [0.3, 0.4) is 0 Å². The van der Waals surface area contributed by atoms with E-state index in [0.29, 0.717) is 24.8 Å². The maximum absolute atomic E-state index is 11.2. The third-order valence-electron chi connectivity index (χ3n) is 2.22. The van der Waals surface area contributed by atoms with Crippen LogP contribution in [0.15, 0.2) is 12.2 Å². The van der Waals surface area contributed by atoms with Crippen molar-refractivity contribution in [1.29, 1.82) is 0 Å². The van der Waals surface area contributed by atoms with Crippen molar-refractivity contribution < 1.29 is 22.7 Å². The molecule has 0 spiro atoms. The molecule has 1 atom stereocenters. The first-order valence-corrected chi connectivity index (χ1v) is 7.88. The lowest BCUT2D eigenvalue weighted by Gasteiger charge is -2.12.